The molecule has 0 saturated heterocycles. The molecule has 2 aromatic carbocycles. The lowest BCUT2D eigenvalue weighted by atomic mass is 10.0. The van der Waals surface area contributed by atoms with Crippen molar-refractivity contribution >= 4 is 23.2 Å². The zero-order valence-corrected chi connectivity index (χ0v) is 20.7. The number of carbonyl (C=O) groups is 2. The van der Waals surface area contributed by atoms with Crippen LogP contribution in [0.4, 0.5) is 4.79 Å². The largest absolute Gasteiger partial charge is 0.467 e. The van der Waals surface area contributed by atoms with Crippen LogP contribution in [0.3, 0.4) is 0 Å². The highest BCUT2D eigenvalue weighted by Gasteiger charge is 2.25. The number of methoxy groups -OCH3 is 1. The van der Waals surface area contributed by atoms with Crippen molar-refractivity contribution in [3.63, 3.8) is 0 Å². The van der Waals surface area contributed by atoms with Crippen molar-refractivity contribution < 1.29 is 19.1 Å². The van der Waals surface area contributed by atoms with Gasteiger partial charge in [0, 0.05) is 18.4 Å². The fraction of sp³-hybridized carbons (Fsp3) is 0.296. The Hall–Kier alpha value is -4.27. The summed E-state index contributed by atoms with van der Waals surface area (Å²) in [6, 6.07) is 16.8. The fourth-order valence-corrected chi connectivity index (χ4v) is 3.76. The second-order valence-corrected chi connectivity index (χ2v) is 9.37. The van der Waals surface area contributed by atoms with Crippen LogP contribution in [0, 0.1) is 0 Å². The van der Waals surface area contributed by atoms with Crippen molar-refractivity contribution in [2.75, 3.05) is 7.11 Å². The molecule has 0 aliphatic rings. The number of esters is 1. The van der Waals surface area contributed by atoms with Gasteiger partial charge in [-0.1, -0.05) is 54.6 Å². The molecule has 9 heteroatoms. The van der Waals surface area contributed by atoms with Gasteiger partial charge in [-0.25, -0.2) is 24.5 Å². The summed E-state index contributed by atoms with van der Waals surface area (Å²) in [5.41, 5.74) is 4.23. The number of aromatic nitrogens is 4. The van der Waals surface area contributed by atoms with Gasteiger partial charge in [-0.3, -0.25) is 0 Å². The van der Waals surface area contributed by atoms with E-state index in [1.807, 2.05) is 54.6 Å². The Labute approximate surface area is 209 Å². The highest BCUT2D eigenvalue weighted by Crippen LogP contribution is 2.25. The lowest BCUT2D eigenvalue weighted by Gasteiger charge is -2.22. The number of hydrogen-bond donors (Lipinski definition) is 2. The first-order valence-corrected chi connectivity index (χ1v) is 11.6. The van der Waals surface area contributed by atoms with Crippen LogP contribution in [0.5, 0.6) is 0 Å². The SMILES string of the molecule is COC(=O)C(Cc1ccc(-c2nc(Cc3ccccc3)nc3nc[nH]c23)cc1)NC(=O)OC(C)(C)C. The molecule has 9 nitrogen and oxygen atoms in total. The Morgan fingerprint density at radius 3 is 2.39 bits per heavy atom. The topological polar surface area (TPSA) is 119 Å². The Bertz CT molecular complexity index is 1340. The maximum Gasteiger partial charge on any atom is 0.408 e. The number of H-pyrrole nitrogens is 1. The molecule has 1 amide bonds. The van der Waals surface area contributed by atoms with Gasteiger partial charge in [-0.15, -0.1) is 0 Å². The van der Waals surface area contributed by atoms with E-state index in [4.69, 9.17) is 14.5 Å². The molecular formula is C27H29N5O4. The molecule has 186 valence electrons. The number of nitrogens with zero attached hydrogens (tertiary/aromatic N) is 3. The normalized spacial score (nSPS) is 12.2. The molecule has 2 N–H and O–H groups in total. The number of ether oxygens (including phenoxy) is 2. The van der Waals surface area contributed by atoms with Gasteiger partial charge in [0.2, 0.25) is 0 Å². The van der Waals surface area contributed by atoms with Crippen LogP contribution < -0.4 is 5.32 Å². The van der Waals surface area contributed by atoms with Gasteiger partial charge in [-0.2, -0.15) is 0 Å². The minimum Gasteiger partial charge on any atom is -0.467 e. The molecule has 0 spiro atoms. The zero-order chi connectivity index (χ0) is 25.7. The Morgan fingerprint density at radius 2 is 1.72 bits per heavy atom. The molecule has 36 heavy (non-hydrogen) atoms. The molecule has 0 aliphatic heterocycles. The molecule has 1 unspecified atom stereocenters. The summed E-state index contributed by atoms with van der Waals surface area (Å²) in [6.07, 6.45) is 1.76. The fourth-order valence-electron chi connectivity index (χ4n) is 3.76. The highest BCUT2D eigenvalue weighted by molar-refractivity contribution is 5.87. The third kappa shape index (κ3) is 6.24. The maximum atomic E-state index is 12.3. The summed E-state index contributed by atoms with van der Waals surface area (Å²) in [5.74, 6) is 0.123. The number of fused-ring (bicyclic) bond motifs is 1. The van der Waals surface area contributed by atoms with Crippen molar-refractivity contribution in [3.05, 3.63) is 77.9 Å². The van der Waals surface area contributed by atoms with Crippen LogP contribution in [0.15, 0.2) is 60.9 Å². The van der Waals surface area contributed by atoms with E-state index < -0.39 is 23.7 Å². The number of nitrogens with one attached hydrogen (secondary N) is 2. The van der Waals surface area contributed by atoms with Crippen molar-refractivity contribution in [1.82, 2.24) is 25.3 Å². The molecule has 4 rings (SSSR count). The third-order valence-electron chi connectivity index (χ3n) is 5.38. The summed E-state index contributed by atoms with van der Waals surface area (Å²) < 4.78 is 10.2. The van der Waals surface area contributed by atoms with E-state index in [0.717, 1.165) is 27.9 Å². The molecule has 0 fully saturated rings. The van der Waals surface area contributed by atoms with E-state index >= 15 is 0 Å². The van der Waals surface area contributed by atoms with Crippen LogP contribution >= 0.6 is 0 Å². The predicted octanol–water partition coefficient (Wildman–Crippen LogP) is 4.22. The number of amides is 1. The van der Waals surface area contributed by atoms with Crippen molar-refractivity contribution in [1.29, 1.82) is 0 Å². The van der Waals surface area contributed by atoms with E-state index in [0.29, 0.717) is 17.9 Å². The summed E-state index contributed by atoms with van der Waals surface area (Å²) in [6.45, 7) is 5.27. The van der Waals surface area contributed by atoms with E-state index in [9.17, 15) is 9.59 Å². The van der Waals surface area contributed by atoms with E-state index in [1.165, 1.54) is 7.11 Å². The Balaban J connectivity index is 1.56. The van der Waals surface area contributed by atoms with Crippen LogP contribution in [0.1, 0.15) is 37.7 Å². The average Bonchev–Trinajstić information content (AvgIpc) is 3.31. The van der Waals surface area contributed by atoms with Crippen LogP contribution in [0.2, 0.25) is 0 Å². The highest BCUT2D eigenvalue weighted by atomic mass is 16.6. The molecule has 0 aliphatic carbocycles. The van der Waals surface area contributed by atoms with Crippen LogP contribution in [-0.4, -0.2) is 50.8 Å². The van der Waals surface area contributed by atoms with E-state index in [1.54, 1.807) is 27.1 Å². The molecule has 1 atom stereocenters. The Morgan fingerprint density at radius 1 is 1.00 bits per heavy atom. The summed E-state index contributed by atoms with van der Waals surface area (Å²) in [5, 5.41) is 2.60. The van der Waals surface area contributed by atoms with Crippen molar-refractivity contribution in [2.24, 2.45) is 0 Å². The van der Waals surface area contributed by atoms with Gasteiger partial charge >= 0.3 is 12.1 Å². The smallest absolute Gasteiger partial charge is 0.408 e. The van der Waals surface area contributed by atoms with Gasteiger partial charge in [0.05, 0.1) is 19.1 Å². The van der Waals surface area contributed by atoms with Crippen LogP contribution in [0.25, 0.3) is 22.4 Å². The second kappa shape index (κ2) is 10.6. The lowest BCUT2D eigenvalue weighted by molar-refractivity contribution is -0.143. The first-order chi connectivity index (χ1) is 17.2. The summed E-state index contributed by atoms with van der Waals surface area (Å²) >= 11 is 0. The minimum atomic E-state index is -0.883. The number of rotatable bonds is 7. The predicted molar refractivity (Wildman–Crippen MR) is 135 cm³/mol. The van der Waals surface area contributed by atoms with Gasteiger partial charge in [0.25, 0.3) is 0 Å². The summed E-state index contributed by atoms with van der Waals surface area (Å²) in [7, 11) is 1.28. The van der Waals surface area contributed by atoms with Gasteiger partial charge in [0.1, 0.15) is 23.0 Å². The zero-order valence-electron chi connectivity index (χ0n) is 20.7. The number of aromatic amines is 1. The standard InChI is InChI=1S/C27H29N5O4/c1-27(2,3)36-26(34)30-20(25(33)35-4)14-18-10-12-19(13-11-18)22-23-24(29-16-28-23)32-21(31-22)15-17-8-6-5-7-9-17/h5-13,16,20H,14-15H2,1-4H3,(H,30,34)(H,28,29,31,32). The maximum absolute atomic E-state index is 12.3. The molecule has 0 radical (unpaired) electrons. The molecule has 0 bridgehead atoms. The van der Waals surface area contributed by atoms with Crippen LogP contribution in [-0.2, 0) is 27.1 Å². The van der Waals surface area contributed by atoms with Gasteiger partial charge in [0.15, 0.2) is 5.65 Å². The first-order valence-electron chi connectivity index (χ1n) is 11.6. The molecule has 2 heterocycles. The third-order valence-corrected chi connectivity index (χ3v) is 5.38. The number of alkyl carbamates (subject to hydrolysis) is 1. The van der Waals surface area contributed by atoms with E-state index in [2.05, 4.69) is 20.3 Å². The second-order valence-electron chi connectivity index (χ2n) is 9.37. The molecule has 4 aromatic rings. The van der Waals surface area contributed by atoms with Gasteiger partial charge < -0.3 is 19.8 Å². The first kappa shape index (κ1) is 24.8. The average molecular weight is 488 g/mol. The number of carbonyl (C=O) groups excluding carboxylic acids is 2. The number of benzene rings is 2. The van der Waals surface area contributed by atoms with E-state index in [-0.39, 0.29) is 6.42 Å². The molecule has 0 saturated carbocycles. The molecular weight excluding hydrogens is 458 g/mol. The lowest BCUT2D eigenvalue weighted by Crippen LogP contribution is -2.45. The minimum absolute atomic E-state index is 0.245. The number of hydrogen-bond acceptors (Lipinski definition) is 7. The number of imidazole rings is 1. The monoisotopic (exact) mass is 487 g/mol. The Kier molecular flexibility index (Phi) is 7.28. The molecule has 2 aromatic heterocycles. The quantitative estimate of drug-likeness (QED) is 0.375. The summed E-state index contributed by atoms with van der Waals surface area (Å²) in [4.78, 5) is 41.4. The van der Waals surface area contributed by atoms with Gasteiger partial charge in [-0.05, 0) is 31.9 Å². The van der Waals surface area contributed by atoms with Crippen molar-refractivity contribution in [3.8, 4) is 11.3 Å². The van der Waals surface area contributed by atoms with Crippen molar-refractivity contribution in [2.45, 2.75) is 45.3 Å².